The van der Waals surface area contributed by atoms with E-state index in [1.54, 1.807) is 0 Å². The van der Waals surface area contributed by atoms with E-state index in [2.05, 4.69) is 10.2 Å². The van der Waals surface area contributed by atoms with Gasteiger partial charge in [-0.1, -0.05) is 6.07 Å². The lowest BCUT2D eigenvalue weighted by Gasteiger charge is -2.35. The Morgan fingerprint density at radius 3 is 2.74 bits per heavy atom. The number of nitrogens with two attached hydrogens (primary N) is 2. The summed E-state index contributed by atoms with van der Waals surface area (Å²) < 4.78 is 5.26. The number of primary amides is 1. The topological polar surface area (TPSA) is 111 Å². The van der Waals surface area contributed by atoms with Crippen LogP contribution in [0.4, 0.5) is 16.2 Å². The summed E-state index contributed by atoms with van der Waals surface area (Å²) in [6.07, 6.45) is 2.91. The summed E-state index contributed by atoms with van der Waals surface area (Å²) in [5.74, 6) is 0.114. The van der Waals surface area contributed by atoms with Crippen LogP contribution in [-0.2, 0) is 16.0 Å². The van der Waals surface area contributed by atoms with Gasteiger partial charge in [-0.2, -0.15) is 0 Å². The highest BCUT2D eigenvalue weighted by atomic mass is 16.6. The van der Waals surface area contributed by atoms with Crippen molar-refractivity contribution in [1.82, 2.24) is 5.32 Å². The standard InChI is InChI=1S/C20H32N4O3/c1-20(2,3)27-19(26)23-9-8-14-5-4-10-24(13-14)17-11-15(12-18(22)25)6-7-16(17)21/h6-7,11,14H,4-5,8-10,12-13,21H2,1-3H3,(H2,22,25)(H,23,26). The predicted octanol–water partition coefficient (Wildman–Crippen LogP) is 2.43. The molecule has 2 amide bonds. The number of nitrogens with one attached hydrogen (secondary N) is 1. The fraction of sp³-hybridized carbons (Fsp3) is 0.600. The number of amides is 2. The lowest BCUT2D eigenvalue weighted by molar-refractivity contribution is -0.117. The second-order valence-corrected chi connectivity index (χ2v) is 8.21. The number of nitrogen functional groups attached to an aromatic ring is 1. The first kappa shape index (κ1) is 20.9. The molecule has 1 unspecified atom stereocenters. The highest BCUT2D eigenvalue weighted by Gasteiger charge is 2.22. The second kappa shape index (κ2) is 8.97. The molecule has 0 spiro atoms. The Bertz CT molecular complexity index is 670. The van der Waals surface area contributed by atoms with E-state index in [9.17, 15) is 9.59 Å². The fourth-order valence-electron chi connectivity index (χ4n) is 3.39. The maximum absolute atomic E-state index is 11.8. The smallest absolute Gasteiger partial charge is 0.407 e. The number of anilines is 2. The van der Waals surface area contributed by atoms with Gasteiger partial charge in [-0.3, -0.25) is 4.79 Å². The van der Waals surface area contributed by atoms with E-state index >= 15 is 0 Å². The van der Waals surface area contributed by atoms with E-state index in [1.165, 1.54) is 0 Å². The molecule has 1 aromatic carbocycles. The van der Waals surface area contributed by atoms with Crippen molar-refractivity contribution in [3.05, 3.63) is 23.8 Å². The molecule has 1 aromatic rings. The van der Waals surface area contributed by atoms with E-state index in [4.69, 9.17) is 16.2 Å². The van der Waals surface area contributed by atoms with E-state index in [1.807, 2.05) is 39.0 Å². The molecule has 7 nitrogen and oxygen atoms in total. The summed E-state index contributed by atoms with van der Waals surface area (Å²) in [4.78, 5) is 25.2. The summed E-state index contributed by atoms with van der Waals surface area (Å²) in [6.45, 7) is 7.94. The quantitative estimate of drug-likeness (QED) is 0.660. The average Bonchev–Trinajstić information content (AvgIpc) is 2.55. The summed E-state index contributed by atoms with van der Waals surface area (Å²) in [7, 11) is 0. The molecule has 27 heavy (non-hydrogen) atoms. The lowest BCUT2D eigenvalue weighted by atomic mass is 9.94. The van der Waals surface area contributed by atoms with Crippen molar-refractivity contribution >= 4 is 23.4 Å². The van der Waals surface area contributed by atoms with Crippen molar-refractivity contribution in [2.24, 2.45) is 11.7 Å². The third-order valence-corrected chi connectivity index (χ3v) is 4.55. The van der Waals surface area contributed by atoms with Crippen LogP contribution in [0.2, 0.25) is 0 Å². The summed E-state index contributed by atoms with van der Waals surface area (Å²) in [6, 6.07) is 5.64. The third kappa shape index (κ3) is 7.00. The Labute approximate surface area is 161 Å². The first-order valence-corrected chi connectivity index (χ1v) is 9.52. The summed E-state index contributed by atoms with van der Waals surface area (Å²) in [5, 5.41) is 2.83. The Morgan fingerprint density at radius 1 is 1.33 bits per heavy atom. The molecule has 2 rings (SSSR count). The molecule has 0 bridgehead atoms. The maximum Gasteiger partial charge on any atom is 0.407 e. The monoisotopic (exact) mass is 376 g/mol. The molecule has 1 saturated heterocycles. The molecular formula is C20H32N4O3. The number of piperidine rings is 1. The minimum Gasteiger partial charge on any atom is -0.444 e. The van der Waals surface area contributed by atoms with E-state index in [0.29, 0.717) is 18.2 Å². The minimum absolute atomic E-state index is 0.213. The minimum atomic E-state index is -0.487. The number of carbonyl (C=O) groups is 2. The third-order valence-electron chi connectivity index (χ3n) is 4.55. The van der Waals surface area contributed by atoms with E-state index < -0.39 is 5.60 Å². The molecule has 0 aromatic heterocycles. The number of ether oxygens (including phenoxy) is 1. The van der Waals surface area contributed by atoms with Crippen molar-refractivity contribution in [2.45, 2.75) is 52.1 Å². The molecule has 0 radical (unpaired) electrons. The van der Waals surface area contributed by atoms with Gasteiger partial charge in [-0.05, 0) is 63.6 Å². The number of alkyl carbamates (subject to hydrolysis) is 1. The highest BCUT2D eigenvalue weighted by Crippen LogP contribution is 2.30. The van der Waals surface area contributed by atoms with Crippen molar-refractivity contribution in [2.75, 3.05) is 30.3 Å². The summed E-state index contributed by atoms with van der Waals surface area (Å²) >= 11 is 0. The van der Waals surface area contributed by atoms with Gasteiger partial charge in [0.05, 0.1) is 17.8 Å². The normalized spacial score (nSPS) is 17.4. The van der Waals surface area contributed by atoms with Gasteiger partial charge in [0.15, 0.2) is 0 Å². The van der Waals surface area contributed by atoms with Gasteiger partial charge in [0.1, 0.15) is 5.60 Å². The molecule has 0 aliphatic carbocycles. The van der Waals surface area contributed by atoms with Gasteiger partial charge >= 0.3 is 6.09 Å². The Morgan fingerprint density at radius 2 is 2.07 bits per heavy atom. The highest BCUT2D eigenvalue weighted by molar-refractivity contribution is 5.78. The number of nitrogens with zero attached hydrogens (tertiary/aromatic N) is 1. The Balaban J connectivity index is 1.90. The molecule has 1 atom stereocenters. The lowest BCUT2D eigenvalue weighted by Crippen LogP contribution is -2.38. The largest absolute Gasteiger partial charge is 0.444 e. The first-order valence-electron chi connectivity index (χ1n) is 9.52. The number of benzene rings is 1. The van der Waals surface area contributed by atoms with Crippen LogP contribution in [0.15, 0.2) is 18.2 Å². The van der Waals surface area contributed by atoms with Crippen LogP contribution in [0.25, 0.3) is 0 Å². The molecule has 1 fully saturated rings. The fourth-order valence-corrected chi connectivity index (χ4v) is 3.39. The van der Waals surface area contributed by atoms with Crippen LogP contribution in [0.5, 0.6) is 0 Å². The molecule has 7 heteroatoms. The van der Waals surface area contributed by atoms with Gasteiger partial charge in [-0.25, -0.2) is 4.79 Å². The summed E-state index contributed by atoms with van der Waals surface area (Å²) in [5.41, 5.74) is 13.5. The number of rotatable bonds is 6. The maximum atomic E-state index is 11.8. The van der Waals surface area contributed by atoms with E-state index in [-0.39, 0.29) is 18.4 Å². The molecule has 1 aliphatic rings. The van der Waals surface area contributed by atoms with Crippen molar-refractivity contribution in [1.29, 1.82) is 0 Å². The predicted molar refractivity (Wildman–Crippen MR) is 108 cm³/mol. The molecule has 5 N–H and O–H groups in total. The van der Waals surface area contributed by atoms with Crippen LogP contribution >= 0.6 is 0 Å². The van der Waals surface area contributed by atoms with Crippen LogP contribution < -0.4 is 21.7 Å². The molecule has 150 valence electrons. The zero-order valence-electron chi connectivity index (χ0n) is 16.6. The molecular weight excluding hydrogens is 344 g/mol. The molecule has 1 heterocycles. The Hall–Kier alpha value is -2.44. The molecule has 0 saturated carbocycles. The van der Waals surface area contributed by atoms with E-state index in [0.717, 1.165) is 43.6 Å². The average molecular weight is 377 g/mol. The number of hydrogen-bond acceptors (Lipinski definition) is 5. The number of hydrogen-bond donors (Lipinski definition) is 3. The van der Waals surface area contributed by atoms with Gasteiger partial charge in [0.2, 0.25) is 5.91 Å². The van der Waals surface area contributed by atoms with Gasteiger partial charge in [0.25, 0.3) is 0 Å². The van der Waals surface area contributed by atoms with Crippen LogP contribution in [0.1, 0.15) is 45.6 Å². The zero-order valence-corrected chi connectivity index (χ0v) is 16.6. The van der Waals surface area contributed by atoms with Gasteiger partial charge < -0.3 is 26.4 Å². The number of carbonyl (C=O) groups excluding carboxylic acids is 2. The van der Waals surface area contributed by atoms with Crippen LogP contribution in [0, 0.1) is 5.92 Å². The van der Waals surface area contributed by atoms with Crippen LogP contribution in [-0.4, -0.2) is 37.2 Å². The molecule has 1 aliphatic heterocycles. The first-order chi connectivity index (χ1) is 12.6. The van der Waals surface area contributed by atoms with Crippen molar-refractivity contribution in [3.63, 3.8) is 0 Å². The van der Waals surface area contributed by atoms with Crippen molar-refractivity contribution in [3.8, 4) is 0 Å². The second-order valence-electron chi connectivity index (χ2n) is 8.21. The van der Waals surface area contributed by atoms with Crippen LogP contribution in [0.3, 0.4) is 0 Å². The van der Waals surface area contributed by atoms with Gasteiger partial charge in [-0.15, -0.1) is 0 Å². The Kier molecular flexibility index (Phi) is 6.93. The zero-order chi connectivity index (χ0) is 20.0. The van der Waals surface area contributed by atoms with Crippen molar-refractivity contribution < 1.29 is 14.3 Å². The van der Waals surface area contributed by atoms with Gasteiger partial charge in [0, 0.05) is 19.6 Å². The SMILES string of the molecule is CC(C)(C)OC(=O)NCCC1CCCN(c2cc(CC(N)=O)ccc2N)C1.